The molecular weight excluding hydrogens is 569 g/mol. The Morgan fingerprint density at radius 3 is 2.05 bits per heavy atom. The van der Waals surface area contributed by atoms with Crippen molar-refractivity contribution in [2.45, 2.75) is 50.6 Å². The number of nitrogens with zero attached hydrogens (tertiary/aromatic N) is 2. The van der Waals surface area contributed by atoms with E-state index in [2.05, 4.69) is 15.9 Å². The molecule has 1 heterocycles. The van der Waals surface area contributed by atoms with Gasteiger partial charge in [0.2, 0.25) is 5.75 Å². The van der Waals surface area contributed by atoms with Crippen molar-refractivity contribution in [3.8, 4) is 11.5 Å². The average Bonchev–Trinajstić information content (AvgIpc) is 2.86. The smallest absolute Gasteiger partial charge is 0.416 e. The van der Waals surface area contributed by atoms with E-state index in [1.807, 2.05) is 11.9 Å². The Hall–Kier alpha value is -3.47. The number of ether oxygens (including phenoxy) is 1. The zero-order valence-corrected chi connectivity index (χ0v) is 21.8. The van der Waals surface area contributed by atoms with Gasteiger partial charge < -0.3 is 9.64 Å². The first-order valence-corrected chi connectivity index (χ1v) is 12.9. The molecule has 0 unspecified atom stereocenters. The number of hydrogen-bond donors (Lipinski definition) is 0. The van der Waals surface area contributed by atoms with Crippen LogP contribution in [0.1, 0.15) is 55.6 Å². The minimum Gasteiger partial charge on any atom is -0.449 e. The molecular formula is C27H22BrF3N2O5. The second kappa shape index (κ2) is 9.68. The van der Waals surface area contributed by atoms with E-state index in [-0.39, 0.29) is 23.1 Å². The molecule has 38 heavy (non-hydrogen) atoms. The molecule has 0 aromatic heterocycles. The lowest BCUT2D eigenvalue weighted by molar-refractivity contribution is -0.385. The first-order valence-electron chi connectivity index (χ1n) is 12.1. The van der Waals surface area contributed by atoms with E-state index in [1.165, 1.54) is 6.07 Å². The molecule has 3 aliphatic rings. The van der Waals surface area contributed by atoms with Crippen LogP contribution in [0.2, 0.25) is 0 Å². The van der Waals surface area contributed by atoms with E-state index >= 15 is 0 Å². The number of allylic oxidation sites excluding steroid dienone is 4. The van der Waals surface area contributed by atoms with Gasteiger partial charge >= 0.3 is 11.9 Å². The van der Waals surface area contributed by atoms with Gasteiger partial charge in [-0.3, -0.25) is 19.7 Å². The van der Waals surface area contributed by atoms with Crippen molar-refractivity contribution in [2.75, 3.05) is 7.05 Å². The average molecular weight is 591 g/mol. The fraction of sp³-hybridized carbons (Fsp3) is 0.333. The van der Waals surface area contributed by atoms with Crippen LogP contribution in [0.3, 0.4) is 0 Å². The fourth-order valence-corrected chi connectivity index (χ4v) is 5.98. The monoisotopic (exact) mass is 590 g/mol. The van der Waals surface area contributed by atoms with E-state index in [0.717, 1.165) is 43.1 Å². The van der Waals surface area contributed by atoms with Crippen molar-refractivity contribution in [1.29, 1.82) is 0 Å². The van der Waals surface area contributed by atoms with Gasteiger partial charge in [-0.05, 0) is 71.4 Å². The minimum absolute atomic E-state index is 0.00449. The molecule has 2 aromatic rings. The van der Waals surface area contributed by atoms with Crippen molar-refractivity contribution in [1.82, 2.24) is 4.90 Å². The van der Waals surface area contributed by atoms with Crippen LogP contribution in [-0.2, 0) is 15.8 Å². The Morgan fingerprint density at radius 1 is 0.947 bits per heavy atom. The topological polar surface area (TPSA) is 89.8 Å². The third kappa shape index (κ3) is 4.53. The van der Waals surface area contributed by atoms with Gasteiger partial charge in [-0.1, -0.05) is 6.07 Å². The van der Waals surface area contributed by atoms with E-state index in [4.69, 9.17) is 4.74 Å². The van der Waals surface area contributed by atoms with Crippen LogP contribution in [0.15, 0.2) is 63.4 Å². The number of carbonyl (C=O) groups is 2. The van der Waals surface area contributed by atoms with E-state index < -0.39 is 28.3 Å². The summed E-state index contributed by atoms with van der Waals surface area (Å²) in [5.41, 5.74) is 1.79. The lowest BCUT2D eigenvalue weighted by atomic mass is 9.71. The van der Waals surface area contributed by atoms with Gasteiger partial charge in [-0.25, -0.2) is 0 Å². The molecule has 0 fully saturated rings. The predicted molar refractivity (Wildman–Crippen MR) is 135 cm³/mol. The Bertz CT molecular complexity index is 1400. The van der Waals surface area contributed by atoms with Crippen LogP contribution in [0, 0.1) is 10.1 Å². The molecule has 0 atom stereocenters. The summed E-state index contributed by atoms with van der Waals surface area (Å²) in [4.78, 5) is 38.8. The molecule has 7 nitrogen and oxygen atoms in total. The number of rotatable bonds is 4. The third-order valence-corrected chi connectivity index (χ3v) is 7.86. The molecule has 0 saturated heterocycles. The number of alkyl halides is 3. The van der Waals surface area contributed by atoms with Crippen LogP contribution >= 0.6 is 15.9 Å². The maximum Gasteiger partial charge on any atom is 0.416 e. The molecule has 5 rings (SSSR count). The standard InChI is InChI=1S/C27H22BrF3N2O5/c1-32-17-4-2-6-20(34)25(17)24(26-18(32)5-3-7-21(26)35)14-8-10-22(16(28)12-14)38-23-11-9-15(27(29,30)31)13-19(23)33(36)37/h8-13,24H,2-7H2,1H3. The van der Waals surface area contributed by atoms with Crippen molar-refractivity contribution < 1.29 is 32.4 Å². The summed E-state index contributed by atoms with van der Waals surface area (Å²) in [5.74, 6) is -0.745. The summed E-state index contributed by atoms with van der Waals surface area (Å²) >= 11 is 3.41. The Kier molecular flexibility index (Phi) is 6.66. The molecule has 0 N–H and O–H groups in total. The lowest BCUT2D eigenvalue weighted by Crippen LogP contribution is -2.37. The number of nitro groups is 1. The largest absolute Gasteiger partial charge is 0.449 e. The minimum atomic E-state index is -4.74. The van der Waals surface area contributed by atoms with Crippen LogP contribution in [0.25, 0.3) is 0 Å². The highest BCUT2D eigenvalue weighted by molar-refractivity contribution is 9.10. The number of carbonyl (C=O) groups excluding carboxylic acids is 2. The molecule has 0 spiro atoms. The lowest BCUT2D eigenvalue weighted by Gasteiger charge is -2.42. The van der Waals surface area contributed by atoms with Crippen LogP contribution < -0.4 is 4.74 Å². The van der Waals surface area contributed by atoms with E-state index in [9.17, 15) is 32.9 Å². The second-order valence-corrected chi connectivity index (χ2v) is 10.3. The molecule has 2 aromatic carbocycles. The van der Waals surface area contributed by atoms with Gasteiger partial charge in [-0.2, -0.15) is 13.2 Å². The third-order valence-electron chi connectivity index (χ3n) is 7.24. The zero-order valence-electron chi connectivity index (χ0n) is 20.2. The van der Waals surface area contributed by atoms with Crippen LogP contribution in [0.4, 0.5) is 18.9 Å². The number of nitro benzene ring substituents is 1. The first kappa shape index (κ1) is 26.1. The van der Waals surface area contributed by atoms with Crippen LogP contribution in [0.5, 0.6) is 11.5 Å². The summed E-state index contributed by atoms with van der Waals surface area (Å²) in [6.07, 6.45) is -0.979. The predicted octanol–water partition coefficient (Wildman–Crippen LogP) is 7.21. The van der Waals surface area contributed by atoms with Crippen LogP contribution in [-0.4, -0.2) is 28.4 Å². The maximum absolute atomic E-state index is 13.1. The molecule has 198 valence electrons. The maximum atomic E-state index is 13.1. The quantitative estimate of drug-likeness (QED) is 0.276. The van der Waals surface area contributed by atoms with Gasteiger partial charge in [0, 0.05) is 54.4 Å². The molecule has 11 heteroatoms. The number of Topliss-reactive ketones (excluding diaryl/α,β-unsaturated/α-hetero) is 2. The van der Waals surface area contributed by atoms with Crippen molar-refractivity contribution in [3.05, 3.63) is 84.7 Å². The van der Waals surface area contributed by atoms with Gasteiger partial charge in [0.15, 0.2) is 11.6 Å². The number of benzene rings is 2. The highest BCUT2D eigenvalue weighted by atomic mass is 79.9. The van der Waals surface area contributed by atoms with Gasteiger partial charge in [0.05, 0.1) is 15.0 Å². The Balaban J connectivity index is 1.55. The Labute approximate surface area is 224 Å². The summed E-state index contributed by atoms with van der Waals surface area (Å²) in [7, 11) is 1.90. The van der Waals surface area contributed by atoms with Gasteiger partial charge in [-0.15, -0.1) is 0 Å². The van der Waals surface area contributed by atoms with Crippen molar-refractivity contribution in [3.63, 3.8) is 0 Å². The Morgan fingerprint density at radius 2 is 1.53 bits per heavy atom. The van der Waals surface area contributed by atoms with E-state index in [1.54, 1.807) is 12.1 Å². The van der Waals surface area contributed by atoms with Gasteiger partial charge in [0.25, 0.3) is 0 Å². The molecule has 0 radical (unpaired) electrons. The SMILES string of the molecule is CN1C2=C(C(=O)CCC2)C(c2ccc(Oc3ccc(C(F)(F)F)cc3[N+](=O)[O-])c(Br)c2)C2=C1CCCC2=O. The first-order chi connectivity index (χ1) is 18.0. The molecule has 0 saturated carbocycles. The highest BCUT2D eigenvalue weighted by Crippen LogP contribution is 2.49. The molecule has 1 aliphatic heterocycles. The van der Waals surface area contributed by atoms with E-state index in [0.29, 0.717) is 46.2 Å². The summed E-state index contributed by atoms with van der Waals surface area (Å²) in [6, 6.07) is 6.97. The highest BCUT2D eigenvalue weighted by Gasteiger charge is 2.42. The van der Waals surface area contributed by atoms with Crippen molar-refractivity contribution >= 4 is 33.2 Å². The number of halogens is 4. The molecule has 0 bridgehead atoms. The summed E-state index contributed by atoms with van der Waals surface area (Å²) in [6.45, 7) is 0. The van der Waals surface area contributed by atoms with Crippen molar-refractivity contribution in [2.24, 2.45) is 0 Å². The van der Waals surface area contributed by atoms with Gasteiger partial charge in [0.1, 0.15) is 5.75 Å². The number of ketones is 2. The molecule has 0 amide bonds. The summed E-state index contributed by atoms with van der Waals surface area (Å²) < 4.78 is 45.2. The number of hydrogen-bond acceptors (Lipinski definition) is 6. The fourth-order valence-electron chi connectivity index (χ4n) is 5.51. The summed E-state index contributed by atoms with van der Waals surface area (Å²) in [5, 5.41) is 11.5. The second-order valence-electron chi connectivity index (χ2n) is 9.50. The normalized spacial score (nSPS) is 18.5. The zero-order chi connectivity index (χ0) is 27.4. The molecule has 2 aliphatic carbocycles.